The van der Waals surface area contributed by atoms with Gasteiger partial charge in [0.15, 0.2) is 0 Å². The van der Waals surface area contributed by atoms with Crippen molar-refractivity contribution in [2.45, 2.75) is 0 Å². The number of aromatic nitrogens is 3. The molecule has 0 saturated heterocycles. The molecule has 0 N–H and O–H groups in total. The van der Waals surface area contributed by atoms with Gasteiger partial charge in [0.25, 0.3) is 0 Å². The Morgan fingerprint density at radius 1 is 0.400 bits per heavy atom. The quantitative estimate of drug-likeness (QED) is 0.213. The second kappa shape index (κ2) is 8.05. The van der Waals surface area contributed by atoms with Crippen LogP contribution in [0.15, 0.2) is 140 Å². The summed E-state index contributed by atoms with van der Waals surface area (Å²) in [4.78, 5) is 5.05. The van der Waals surface area contributed by atoms with Crippen LogP contribution >= 0.6 is 0 Å². The summed E-state index contributed by atoms with van der Waals surface area (Å²) < 4.78 is 4.66. The van der Waals surface area contributed by atoms with E-state index in [1.165, 1.54) is 54.6 Å². The largest absolute Gasteiger partial charge is 0.309 e. The van der Waals surface area contributed by atoms with Crippen LogP contribution in [0, 0.1) is 0 Å². The fourth-order valence-corrected chi connectivity index (χ4v) is 6.49. The first-order valence-corrected chi connectivity index (χ1v) is 13.7. The fraction of sp³-hybridized carbons (Fsp3) is 0. The Bertz CT molecular complexity index is 2370. The van der Waals surface area contributed by atoms with Gasteiger partial charge in [-0.2, -0.15) is 0 Å². The first kappa shape index (κ1) is 21.5. The zero-order valence-electron chi connectivity index (χ0n) is 21.6. The summed E-state index contributed by atoms with van der Waals surface area (Å²) in [5.74, 6) is 0. The van der Waals surface area contributed by atoms with Crippen LogP contribution in [0.2, 0.25) is 0 Å². The lowest BCUT2D eigenvalue weighted by atomic mass is 9.99. The van der Waals surface area contributed by atoms with Crippen molar-refractivity contribution in [2.75, 3.05) is 0 Å². The minimum atomic E-state index is 1.00. The number of nitrogens with zero attached hydrogens (tertiary/aromatic N) is 3. The van der Waals surface area contributed by atoms with E-state index in [0.717, 1.165) is 22.4 Å². The number of benzene rings is 6. The maximum Gasteiger partial charge on any atom is 0.146 e. The van der Waals surface area contributed by atoms with Gasteiger partial charge in [0, 0.05) is 27.2 Å². The predicted octanol–water partition coefficient (Wildman–Crippen LogP) is 9.56. The van der Waals surface area contributed by atoms with Crippen LogP contribution in [0.4, 0.5) is 0 Å². The van der Waals surface area contributed by atoms with Gasteiger partial charge in [0.05, 0.1) is 27.6 Å². The minimum Gasteiger partial charge on any atom is -0.309 e. The van der Waals surface area contributed by atoms with Crippen LogP contribution in [-0.4, -0.2) is 14.0 Å². The fourth-order valence-electron chi connectivity index (χ4n) is 6.49. The highest BCUT2D eigenvalue weighted by molar-refractivity contribution is 6.15. The Morgan fingerprint density at radius 2 is 0.950 bits per heavy atom. The molecule has 0 aliphatic rings. The summed E-state index contributed by atoms with van der Waals surface area (Å²) in [6.45, 7) is 0. The van der Waals surface area contributed by atoms with Gasteiger partial charge in [-0.1, -0.05) is 84.9 Å². The van der Waals surface area contributed by atoms with Crippen LogP contribution in [0.5, 0.6) is 0 Å². The van der Waals surface area contributed by atoms with Crippen LogP contribution in [-0.2, 0) is 0 Å². The summed E-state index contributed by atoms with van der Waals surface area (Å²) in [5, 5.41) is 6.18. The summed E-state index contributed by atoms with van der Waals surface area (Å²) in [6.07, 6.45) is 0. The van der Waals surface area contributed by atoms with Gasteiger partial charge in [-0.05, 0) is 71.1 Å². The molecule has 3 heteroatoms. The van der Waals surface area contributed by atoms with Crippen molar-refractivity contribution >= 4 is 60.2 Å². The maximum absolute atomic E-state index is 5.05. The predicted molar refractivity (Wildman–Crippen MR) is 167 cm³/mol. The second-order valence-electron chi connectivity index (χ2n) is 10.5. The smallest absolute Gasteiger partial charge is 0.146 e. The zero-order valence-corrected chi connectivity index (χ0v) is 21.6. The minimum absolute atomic E-state index is 1.00. The number of imidazole rings is 1. The number of fused-ring (bicyclic) bond motifs is 11. The molecule has 0 unspecified atom stereocenters. The standard InChI is InChI=1S/C37H23N3/c1-5-13-33-27(9-1)28-10-2-6-14-34(28)39(33)26-20-17-24(18-21-26)25-19-22-30-31(23-25)29-11-3-7-15-35(29)40-36-16-8-4-12-32(36)38-37(30)40/h1-23H. The molecule has 0 spiro atoms. The normalized spacial score (nSPS) is 12.0. The average Bonchev–Trinajstić information content (AvgIpc) is 3.58. The highest BCUT2D eigenvalue weighted by atomic mass is 15.0. The number of hydrogen-bond donors (Lipinski definition) is 0. The first-order valence-electron chi connectivity index (χ1n) is 13.7. The van der Waals surface area contributed by atoms with E-state index in [0.29, 0.717) is 0 Å². The molecule has 0 saturated carbocycles. The van der Waals surface area contributed by atoms with Crippen LogP contribution in [0.25, 0.3) is 77.0 Å². The lowest BCUT2D eigenvalue weighted by Crippen LogP contribution is -1.94. The summed E-state index contributed by atoms with van der Waals surface area (Å²) in [5.41, 5.74) is 10.4. The molecule has 40 heavy (non-hydrogen) atoms. The van der Waals surface area contributed by atoms with E-state index in [4.69, 9.17) is 4.98 Å². The highest BCUT2D eigenvalue weighted by Crippen LogP contribution is 2.36. The maximum atomic E-state index is 5.05. The third kappa shape index (κ3) is 2.92. The third-order valence-electron chi connectivity index (χ3n) is 8.30. The molecular formula is C37H23N3. The Hall–Kier alpha value is -5.41. The summed E-state index contributed by atoms with van der Waals surface area (Å²) in [6, 6.07) is 50.1. The molecule has 3 aromatic heterocycles. The van der Waals surface area contributed by atoms with Crippen LogP contribution in [0.1, 0.15) is 0 Å². The van der Waals surface area contributed by atoms with Gasteiger partial charge >= 0.3 is 0 Å². The Labute approximate surface area is 230 Å². The van der Waals surface area contributed by atoms with Crippen molar-refractivity contribution in [3.05, 3.63) is 140 Å². The van der Waals surface area contributed by atoms with Crippen molar-refractivity contribution < 1.29 is 0 Å². The van der Waals surface area contributed by atoms with E-state index in [-0.39, 0.29) is 0 Å². The molecule has 6 aromatic carbocycles. The molecule has 9 aromatic rings. The van der Waals surface area contributed by atoms with Gasteiger partial charge in [0.1, 0.15) is 5.65 Å². The molecule has 186 valence electrons. The first-order chi connectivity index (χ1) is 19.8. The Morgan fingerprint density at radius 3 is 1.65 bits per heavy atom. The lowest BCUT2D eigenvalue weighted by molar-refractivity contribution is 1.18. The van der Waals surface area contributed by atoms with Gasteiger partial charge in [-0.25, -0.2) is 4.98 Å². The van der Waals surface area contributed by atoms with E-state index in [1.807, 2.05) is 0 Å². The van der Waals surface area contributed by atoms with E-state index >= 15 is 0 Å². The average molecular weight is 510 g/mol. The van der Waals surface area contributed by atoms with E-state index < -0.39 is 0 Å². The van der Waals surface area contributed by atoms with Gasteiger partial charge < -0.3 is 4.57 Å². The molecule has 3 heterocycles. The van der Waals surface area contributed by atoms with Gasteiger partial charge in [-0.3, -0.25) is 4.40 Å². The summed E-state index contributed by atoms with van der Waals surface area (Å²) in [7, 11) is 0. The van der Waals surface area contributed by atoms with E-state index in [1.54, 1.807) is 0 Å². The highest BCUT2D eigenvalue weighted by Gasteiger charge is 2.15. The summed E-state index contributed by atoms with van der Waals surface area (Å²) >= 11 is 0. The SMILES string of the molecule is c1ccc2c(c1)nc1c3ccc(-c4ccc(-n5c6ccccc6c6ccccc65)cc4)cc3c3ccccc3n21. The lowest BCUT2D eigenvalue weighted by Gasteiger charge is -2.12. The Balaban J connectivity index is 1.24. The second-order valence-corrected chi connectivity index (χ2v) is 10.5. The molecule has 0 aliphatic heterocycles. The van der Waals surface area contributed by atoms with Crippen molar-refractivity contribution in [3.8, 4) is 16.8 Å². The van der Waals surface area contributed by atoms with Gasteiger partial charge in [-0.15, -0.1) is 0 Å². The molecule has 0 bridgehead atoms. The molecule has 9 rings (SSSR count). The number of para-hydroxylation sites is 5. The number of rotatable bonds is 2. The molecule has 3 nitrogen and oxygen atoms in total. The molecular weight excluding hydrogens is 486 g/mol. The molecule has 0 aliphatic carbocycles. The van der Waals surface area contributed by atoms with Crippen molar-refractivity contribution in [1.29, 1.82) is 0 Å². The van der Waals surface area contributed by atoms with Gasteiger partial charge in [0.2, 0.25) is 0 Å². The van der Waals surface area contributed by atoms with E-state index in [2.05, 4.69) is 148 Å². The number of pyridine rings is 1. The molecule has 0 fully saturated rings. The Kier molecular flexibility index (Phi) is 4.33. The van der Waals surface area contributed by atoms with Crippen LogP contribution < -0.4 is 0 Å². The van der Waals surface area contributed by atoms with Crippen molar-refractivity contribution in [3.63, 3.8) is 0 Å². The van der Waals surface area contributed by atoms with E-state index in [9.17, 15) is 0 Å². The molecule has 0 radical (unpaired) electrons. The molecule has 0 atom stereocenters. The zero-order chi connectivity index (χ0) is 26.2. The topological polar surface area (TPSA) is 22.2 Å². The monoisotopic (exact) mass is 509 g/mol. The van der Waals surface area contributed by atoms with Crippen LogP contribution in [0.3, 0.4) is 0 Å². The number of hydrogen-bond acceptors (Lipinski definition) is 1. The van der Waals surface area contributed by atoms with Crippen molar-refractivity contribution in [2.24, 2.45) is 0 Å². The molecule has 0 amide bonds. The van der Waals surface area contributed by atoms with Crippen molar-refractivity contribution in [1.82, 2.24) is 14.0 Å². The third-order valence-corrected chi connectivity index (χ3v) is 8.30.